The number of carbonyl (C=O) groups is 1. The fourth-order valence-corrected chi connectivity index (χ4v) is 1.74. The third-order valence-electron chi connectivity index (χ3n) is 3.24. The molecule has 0 saturated carbocycles. The maximum Gasteiger partial charge on any atom is 0.389 e. The normalized spacial score (nSPS) is 9.75. The van der Waals surface area contributed by atoms with Crippen molar-refractivity contribution in [1.82, 2.24) is 0 Å². The van der Waals surface area contributed by atoms with Crippen molar-refractivity contribution in [3.8, 4) is 18.1 Å². The number of esters is 1. The van der Waals surface area contributed by atoms with Crippen LogP contribution >= 0.6 is 0 Å². The van der Waals surface area contributed by atoms with Crippen molar-refractivity contribution in [1.29, 1.82) is 0 Å². The second-order valence-corrected chi connectivity index (χ2v) is 3.99. The Morgan fingerprint density at radius 2 is 1.31 bits per heavy atom. The van der Waals surface area contributed by atoms with E-state index in [0.29, 0.717) is 5.75 Å². The van der Waals surface area contributed by atoms with Gasteiger partial charge in [-0.15, -0.1) is 6.42 Å². The highest BCUT2D eigenvalue weighted by atomic mass is 16.5. The maximum atomic E-state index is 11.1. The molecule has 0 radical (unpaired) electrons. The van der Waals surface area contributed by atoms with Crippen LogP contribution in [0, 0.1) is 47.0 Å². The van der Waals surface area contributed by atoms with Gasteiger partial charge in [-0.05, 0) is 62.4 Å². The summed E-state index contributed by atoms with van der Waals surface area (Å²) in [7, 11) is 0. The van der Waals surface area contributed by atoms with E-state index in [1.807, 2.05) is 33.6 Å². The molecule has 1 aromatic rings. The summed E-state index contributed by atoms with van der Waals surface area (Å²) in [6.45, 7) is 9.98. The fourth-order valence-electron chi connectivity index (χ4n) is 1.74. The zero-order chi connectivity index (χ0) is 12.5. The largest absolute Gasteiger partial charge is 0.416 e. The Labute approximate surface area is 96.6 Å². The number of ether oxygens (including phenoxy) is 1. The van der Waals surface area contributed by atoms with Gasteiger partial charge in [0.05, 0.1) is 0 Å². The van der Waals surface area contributed by atoms with E-state index in [-0.39, 0.29) is 0 Å². The molecule has 0 atom stereocenters. The molecule has 84 valence electrons. The second kappa shape index (κ2) is 4.40. The number of benzene rings is 1. The minimum Gasteiger partial charge on any atom is -0.416 e. The molecular formula is C14H16O2. The predicted molar refractivity (Wildman–Crippen MR) is 64.6 cm³/mol. The van der Waals surface area contributed by atoms with E-state index >= 15 is 0 Å². The number of rotatable bonds is 1. The fraction of sp³-hybridized carbons (Fsp3) is 0.357. The van der Waals surface area contributed by atoms with Crippen molar-refractivity contribution in [2.75, 3.05) is 0 Å². The van der Waals surface area contributed by atoms with Crippen LogP contribution in [0.1, 0.15) is 27.8 Å². The highest BCUT2D eigenvalue weighted by molar-refractivity contribution is 5.90. The first-order chi connectivity index (χ1) is 7.40. The van der Waals surface area contributed by atoms with Gasteiger partial charge in [-0.3, -0.25) is 0 Å². The molecule has 2 heteroatoms. The molecular weight excluding hydrogens is 200 g/mol. The van der Waals surface area contributed by atoms with E-state index in [9.17, 15) is 4.79 Å². The summed E-state index contributed by atoms with van der Waals surface area (Å²) in [6.07, 6.45) is 5.00. The summed E-state index contributed by atoms with van der Waals surface area (Å²) in [5.74, 6) is 1.92. The van der Waals surface area contributed by atoms with Crippen LogP contribution in [0.15, 0.2) is 0 Å². The van der Waals surface area contributed by atoms with Crippen LogP contribution in [0.2, 0.25) is 0 Å². The Morgan fingerprint density at radius 1 is 0.938 bits per heavy atom. The molecule has 0 heterocycles. The number of hydrogen-bond donors (Lipinski definition) is 0. The van der Waals surface area contributed by atoms with Crippen molar-refractivity contribution < 1.29 is 9.53 Å². The molecule has 0 aliphatic heterocycles. The molecule has 0 N–H and O–H groups in total. The minimum absolute atomic E-state index is 0.601. The van der Waals surface area contributed by atoms with E-state index < -0.39 is 5.97 Å². The van der Waals surface area contributed by atoms with Gasteiger partial charge in [0.15, 0.2) is 0 Å². The zero-order valence-corrected chi connectivity index (χ0v) is 10.4. The van der Waals surface area contributed by atoms with E-state index in [4.69, 9.17) is 11.2 Å². The van der Waals surface area contributed by atoms with Gasteiger partial charge in [0.1, 0.15) is 5.75 Å². The molecule has 0 bridgehead atoms. The van der Waals surface area contributed by atoms with Crippen LogP contribution in [0.4, 0.5) is 0 Å². The van der Waals surface area contributed by atoms with Gasteiger partial charge >= 0.3 is 5.97 Å². The van der Waals surface area contributed by atoms with Gasteiger partial charge in [-0.25, -0.2) is 4.79 Å². The first-order valence-electron chi connectivity index (χ1n) is 5.15. The van der Waals surface area contributed by atoms with E-state index in [1.165, 1.54) is 5.56 Å². The number of hydrogen-bond acceptors (Lipinski definition) is 2. The van der Waals surface area contributed by atoms with E-state index in [1.54, 1.807) is 0 Å². The molecule has 0 aromatic heterocycles. The first-order valence-corrected chi connectivity index (χ1v) is 5.15. The smallest absolute Gasteiger partial charge is 0.389 e. The minimum atomic E-state index is -0.645. The molecule has 0 saturated heterocycles. The summed E-state index contributed by atoms with van der Waals surface area (Å²) in [5, 5.41) is 0. The summed E-state index contributed by atoms with van der Waals surface area (Å²) >= 11 is 0. The van der Waals surface area contributed by atoms with Gasteiger partial charge in [-0.1, -0.05) is 0 Å². The Morgan fingerprint density at radius 3 is 1.69 bits per heavy atom. The first kappa shape index (κ1) is 12.3. The Bertz CT molecular complexity index is 461. The standard InChI is InChI=1S/C14H16O2/c1-7-13(15)16-14-11(5)9(3)8(2)10(4)12(14)6/h1H,2-6H3. The lowest BCUT2D eigenvalue weighted by molar-refractivity contribution is -0.128. The summed E-state index contributed by atoms with van der Waals surface area (Å²) in [4.78, 5) is 11.1. The number of terminal acetylenes is 1. The molecule has 0 fully saturated rings. The van der Waals surface area contributed by atoms with Crippen LogP contribution in [0.25, 0.3) is 0 Å². The van der Waals surface area contributed by atoms with Gasteiger partial charge in [0.25, 0.3) is 0 Å². The lowest BCUT2D eigenvalue weighted by Gasteiger charge is -2.17. The monoisotopic (exact) mass is 216 g/mol. The van der Waals surface area contributed by atoms with Crippen LogP contribution in [0.3, 0.4) is 0 Å². The van der Waals surface area contributed by atoms with Gasteiger partial charge in [0, 0.05) is 5.92 Å². The third-order valence-corrected chi connectivity index (χ3v) is 3.24. The van der Waals surface area contributed by atoms with Crippen molar-refractivity contribution in [2.24, 2.45) is 0 Å². The highest BCUT2D eigenvalue weighted by Crippen LogP contribution is 2.32. The SMILES string of the molecule is C#CC(=O)Oc1c(C)c(C)c(C)c(C)c1C. The quantitative estimate of drug-likeness (QED) is 0.312. The second-order valence-electron chi connectivity index (χ2n) is 3.99. The van der Waals surface area contributed by atoms with Crippen molar-refractivity contribution in [3.63, 3.8) is 0 Å². The van der Waals surface area contributed by atoms with E-state index in [2.05, 4.69) is 6.92 Å². The topological polar surface area (TPSA) is 26.3 Å². The van der Waals surface area contributed by atoms with Crippen LogP contribution < -0.4 is 4.74 Å². The highest BCUT2D eigenvalue weighted by Gasteiger charge is 2.15. The van der Waals surface area contributed by atoms with Crippen molar-refractivity contribution >= 4 is 5.97 Å². The van der Waals surface area contributed by atoms with Crippen molar-refractivity contribution in [2.45, 2.75) is 34.6 Å². The lowest BCUT2D eigenvalue weighted by Crippen LogP contribution is -2.09. The van der Waals surface area contributed by atoms with Gasteiger partial charge in [-0.2, -0.15) is 0 Å². The average molecular weight is 216 g/mol. The van der Waals surface area contributed by atoms with Crippen LogP contribution in [-0.4, -0.2) is 5.97 Å². The molecule has 1 rings (SSSR count). The third kappa shape index (κ3) is 1.94. The van der Waals surface area contributed by atoms with Gasteiger partial charge < -0.3 is 4.74 Å². The molecule has 1 aromatic carbocycles. The van der Waals surface area contributed by atoms with Crippen molar-refractivity contribution in [3.05, 3.63) is 27.8 Å². The zero-order valence-electron chi connectivity index (χ0n) is 10.4. The predicted octanol–water partition coefficient (Wildman–Crippen LogP) is 2.77. The molecule has 0 unspecified atom stereocenters. The Kier molecular flexibility index (Phi) is 3.39. The summed E-state index contributed by atoms with van der Waals surface area (Å²) in [6, 6.07) is 0. The van der Waals surface area contributed by atoms with Crippen LogP contribution in [0.5, 0.6) is 5.75 Å². The molecule has 0 aliphatic rings. The Balaban J connectivity index is 3.41. The lowest BCUT2D eigenvalue weighted by atomic mass is 9.94. The number of carbonyl (C=O) groups excluding carboxylic acids is 1. The maximum absolute atomic E-state index is 11.1. The van der Waals surface area contributed by atoms with E-state index in [0.717, 1.165) is 22.3 Å². The van der Waals surface area contributed by atoms with Crippen LogP contribution in [-0.2, 0) is 4.79 Å². The molecule has 0 aliphatic carbocycles. The molecule has 0 spiro atoms. The molecule has 16 heavy (non-hydrogen) atoms. The molecule has 0 amide bonds. The summed E-state index contributed by atoms with van der Waals surface area (Å²) in [5.41, 5.74) is 5.47. The Hall–Kier alpha value is -1.75. The molecule has 2 nitrogen and oxygen atoms in total. The summed E-state index contributed by atoms with van der Waals surface area (Å²) < 4.78 is 5.17. The average Bonchev–Trinajstić information content (AvgIpc) is 2.29. The van der Waals surface area contributed by atoms with Gasteiger partial charge in [0.2, 0.25) is 0 Å².